The number of nitrogens with zero attached hydrogens (tertiary/aromatic N) is 1. The Morgan fingerprint density at radius 2 is 1.70 bits per heavy atom. The van der Waals surface area contributed by atoms with E-state index in [1.54, 1.807) is 0 Å². The van der Waals surface area contributed by atoms with Crippen molar-refractivity contribution in [1.82, 2.24) is 4.90 Å². The second kappa shape index (κ2) is 9.50. The molecule has 0 saturated carbocycles. The molecule has 0 spiro atoms. The molecule has 4 rings (SSSR count). The van der Waals surface area contributed by atoms with Gasteiger partial charge in [0.2, 0.25) is 10.0 Å². The molecule has 5 nitrogen and oxygen atoms in total. The summed E-state index contributed by atoms with van der Waals surface area (Å²) in [7, 11) is -3.24. The summed E-state index contributed by atoms with van der Waals surface area (Å²) in [5, 5.41) is 0. The Hall–Kier alpha value is -1.89. The molecule has 1 unspecified atom stereocenters. The van der Waals surface area contributed by atoms with Crippen LogP contribution in [0, 0.1) is 11.8 Å². The first-order valence-corrected chi connectivity index (χ1v) is 12.2. The molecule has 1 aliphatic carbocycles. The molecule has 1 fully saturated rings. The fourth-order valence-corrected chi connectivity index (χ4v) is 5.23. The van der Waals surface area contributed by atoms with Gasteiger partial charge < -0.3 is 4.90 Å². The van der Waals surface area contributed by atoms with Gasteiger partial charge in [0.15, 0.2) is 5.78 Å². The molecule has 2 aliphatic rings. The van der Waals surface area contributed by atoms with Crippen LogP contribution in [0.4, 0.5) is 5.69 Å². The van der Waals surface area contributed by atoms with Gasteiger partial charge in [-0.1, -0.05) is 36.4 Å². The maximum Gasteiger partial charge on any atom is 0.229 e. The molecule has 0 aromatic heterocycles. The molecule has 1 N–H and O–H groups in total. The second-order valence-corrected chi connectivity index (χ2v) is 10.1. The number of anilines is 1. The Balaban J connectivity index is 0.00000256. The van der Waals surface area contributed by atoms with Crippen molar-refractivity contribution >= 4 is 33.9 Å². The lowest BCUT2D eigenvalue weighted by Crippen LogP contribution is -2.38. The van der Waals surface area contributed by atoms with Crippen molar-refractivity contribution < 1.29 is 13.2 Å². The first kappa shape index (κ1) is 22.8. The van der Waals surface area contributed by atoms with Crippen molar-refractivity contribution in [2.45, 2.75) is 25.7 Å². The van der Waals surface area contributed by atoms with E-state index in [1.807, 2.05) is 42.5 Å². The van der Waals surface area contributed by atoms with E-state index in [1.165, 1.54) is 11.1 Å². The van der Waals surface area contributed by atoms with Gasteiger partial charge in [-0.3, -0.25) is 9.52 Å². The first-order valence-electron chi connectivity index (χ1n) is 10.3. The number of rotatable bonds is 6. The number of carbonyl (C=O) groups excluding carboxylic acids is 1. The number of likely N-dealkylation sites (tertiary alicyclic amines) is 1. The fourth-order valence-electron chi connectivity index (χ4n) is 4.67. The molecular formula is C23H29ClN2O3S. The normalized spacial score (nSPS) is 19.9. The van der Waals surface area contributed by atoms with Crippen LogP contribution in [0.2, 0.25) is 0 Å². The molecule has 0 bridgehead atoms. The Labute approximate surface area is 185 Å². The Kier molecular flexibility index (Phi) is 7.22. The average Bonchev–Trinajstić information content (AvgIpc) is 3.04. The first-order chi connectivity index (χ1) is 13.9. The Morgan fingerprint density at radius 1 is 1.03 bits per heavy atom. The lowest BCUT2D eigenvalue weighted by Gasteiger charge is -2.34. The van der Waals surface area contributed by atoms with Crippen molar-refractivity contribution in [3.05, 3.63) is 65.2 Å². The standard InChI is InChI=1S/C23H28N2O3S.ClH/c1-29(27,28)24-20-8-6-17(7-9-20)10-13-25-14-11-18(12-15-25)22-16-19-4-2-3-5-21(19)23(22)26;/h2-9,18,22,24H,10-16H2,1H3;1H. The van der Waals surface area contributed by atoms with Gasteiger partial charge in [-0.15, -0.1) is 12.4 Å². The third-order valence-electron chi connectivity index (χ3n) is 6.23. The van der Waals surface area contributed by atoms with E-state index in [0.29, 0.717) is 17.4 Å². The summed E-state index contributed by atoms with van der Waals surface area (Å²) in [5.74, 6) is 1.01. The third kappa shape index (κ3) is 5.42. The van der Waals surface area contributed by atoms with Gasteiger partial charge in [0.05, 0.1) is 6.26 Å². The molecule has 1 saturated heterocycles. The van der Waals surface area contributed by atoms with E-state index in [9.17, 15) is 13.2 Å². The maximum absolute atomic E-state index is 12.7. The van der Waals surface area contributed by atoms with Crippen molar-refractivity contribution in [1.29, 1.82) is 0 Å². The van der Waals surface area contributed by atoms with Gasteiger partial charge in [-0.25, -0.2) is 8.42 Å². The van der Waals surface area contributed by atoms with Crippen LogP contribution >= 0.6 is 12.4 Å². The molecule has 2 aromatic carbocycles. The number of hydrogen-bond acceptors (Lipinski definition) is 4. The zero-order valence-corrected chi connectivity index (χ0v) is 18.8. The molecule has 162 valence electrons. The van der Waals surface area contributed by atoms with Gasteiger partial charge in [0.25, 0.3) is 0 Å². The summed E-state index contributed by atoms with van der Waals surface area (Å²) in [6.45, 7) is 3.07. The summed E-state index contributed by atoms with van der Waals surface area (Å²) in [6.07, 6.45) is 5.18. The summed E-state index contributed by atoms with van der Waals surface area (Å²) in [6, 6.07) is 15.6. The van der Waals surface area contributed by atoms with Crippen LogP contribution in [0.3, 0.4) is 0 Å². The highest BCUT2D eigenvalue weighted by Gasteiger charge is 2.37. The number of hydrogen-bond donors (Lipinski definition) is 1. The number of Topliss-reactive ketones (excluding diaryl/α,β-unsaturated/α-hetero) is 1. The number of benzene rings is 2. The smallest absolute Gasteiger partial charge is 0.229 e. The Bertz CT molecular complexity index is 984. The summed E-state index contributed by atoms with van der Waals surface area (Å²) >= 11 is 0. The number of nitrogens with one attached hydrogen (secondary N) is 1. The third-order valence-corrected chi connectivity index (χ3v) is 6.84. The monoisotopic (exact) mass is 448 g/mol. The van der Waals surface area contributed by atoms with Crippen LogP contribution in [-0.4, -0.2) is 45.0 Å². The van der Waals surface area contributed by atoms with Crippen LogP contribution in [0.25, 0.3) is 0 Å². The van der Waals surface area contributed by atoms with E-state index in [0.717, 1.165) is 57.1 Å². The van der Waals surface area contributed by atoms with E-state index in [-0.39, 0.29) is 18.3 Å². The zero-order chi connectivity index (χ0) is 20.4. The van der Waals surface area contributed by atoms with Gasteiger partial charge in [-0.05, 0) is 68.0 Å². The van der Waals surface area contributed by atoms with Crippen molar-refractivity contribution in [3.63, 3.8) is 0 Å². The minimum absolute atomic E-state index is 0. The molecule has 0 amide bonds. The number of carbonyl (C=O) groups is 1. The van der Waals surface area contributed by atoms with Gasteiger partial charge >= 0.3 is 0 Å². The maximum atomic E-state index is 12.7. The number of ketones is 1. The molecule has 2 aromatic rings. The number of fused-ring (bicyclic) bond motifs is 1. The molecule has 1 atom stereocenters. The molecule has 30 heavy (non-hydrogen) atoms. The van der Waals surface area contributed by atoms with Crippen LogP contribution < -0.4 is 4.72 Å². The van der Waals surface area contributed by atoms with E-state index in [2.05, 4.69) is 15.7 Å². The van der Waals surface area contributed by atoms with Gasteiger partial charge in [-0.2, -0.15) is 0 Å². The van der Waals surface area contributed by atoms with Crippen LogP contribution in [0.15, 0.2) is 48.5 Å². The van der Waals surface area contributed by atoms with Crippen molar-refractivity contribution in [3.8, 4) is 0 Å². The van der Waals surface area contributed by atoms with E-state index < -0.39 is 10.0 Å². The lowest BCUT2D eigenvalue weighted by atomic mass is 9.82. The topological polar surface area (TPSA) is 66.5 Å². The fraction of sp³-hybridized carbons (Fsp3) is 0.435. The van der Waals surface area contributed by atoms with Crippen LogP contribution in [0.5, 0.6) is 0 Å². The highest BCUT2D eigenvalue weighted by molar-refractivity contribution is 7.92. The average molecular weight is 449 g/mol. The summed E-state index contributed by atoms with van der Waals surface area (Å²) in [4.78, 5) is 15.2. The predicted octanol–water partition coefficient (Wildman–Crippen LogP) is 3.79. The number of piperidine rings is 1. The highest BCUT2D eigenvalue weighted by atomic mass is 35.5. The van der Waals surface area contributed by atoms with Crippen LogP contribution in [0.1, 0.15) is 34.3 Å². The van der Waals surface area contributed by atoms with E-state index in [4.69, 9.17) is 0 Å². The highest BCUT2D eigenvalue weighted by Crippen LogP contribution is 2.36. The number of sulfonamides is 1. The minimum Gasteiger partial charge on any atom is -0.303 e. The van der Waals surface area contributed by atoms with E-state index >= 15 is 0 Å². The minimum atomic E-state index is -3.24. The Morgan fingerprint density at radius 3 is 2.33 bits per heavy atom. The lowest BCUT2D eigenvalue weighted by molar-refractivity contribution is 0.0825. The summed E-state index contributed by atoms with van der Waals surface area (Å²) in [5.41, 5.74) is 3.96. The molecule has 1 heterocycles. The zero-order valence-electron chi connectivity index (χ0n) is 17.2. The summed E-state index contributed by atoms with van der Waals surface area (Å²) < 4.78 is 25.1. The van der Waals surface area contributed by atoms with Crippen molar-refractivity contribution in [2.24, 2.45) is 11.8 Å². The number of halogens is 1. The predicted molar refractivity (Wildman–Crippen MR) is 123 cm³/mol. The SMILES string of the molecule is CS(=O)(=O)Nc1ccc(CCN2CCC(C3Cc4ccccc4C3=O)CC2)cc1.Cl. The largest absolute Gasteiger partial charge is 0.303 e. The van der Waals surface area contributed by atoms with Gasteiger partial charge in [0, 0.05) is 23.7 Å². The molecular weight excluding hydrogens is 420 g/mol. The van der Waals surface area contributed by atoms with Gasteiger partial charge in [0.1, 0.15) is 0 Å². The molecule has 0 radical (unpaired) electrons. The molecule has 7 heteroatoms. The quantitative estimate of drug-likeness (QED) is 0.730. The second-order valence-electron chi connectivity index (χ2n) is 8.33. The van der Waals surface area contributed by atoms with Crippen molar-refractivity contribution in [2.75, 3.05) is 30.6 Å². The van der Waals surface area contributed by atoms with Crippen LogP contribution in [-0.2, 0) is 22.9 Å². The molecule has 1 aliphatic heterocycles.